The van der Waals surface area contributed by atoms with Crippen molar-refractivity contribution in [2.24, 2.45) is 5.73 Å². The maximum atomic E-state index is 10.8. The van der Waals surface area contributed by atoms with Crippen LogP contribution < -0.4 is 5.73 Å². The van der Waals surface area contributed by atoms with Gasteiger partial charge in [0.1, 0.15) is 0 Å². The number of rotatable bonds is 2. The zero-order valence-electron chi connectivity index (χ0n) is 7.29. The van der Waals surface area contributed by atoms with Gasteiger partial charge in [-0.1, -0.05) is 23.4 Å². The number of benzene rings is 1. The van der Waals surface area contributed by atoms with Gasteiger partial charge in [0.25, 0.3) is 5.91 Å². The van der Waals surface area contributed by atoms with Crippen LogP contribution in [0.25, 0.3) is 5.69 Å². The summed E-state index contributed by atoms with van der Waals surface area (Å²) in [6, 6.07) is 9.37. The van der Waals surface area contributed by atoms with Gasteiger partial charge in [-0.2, -0.15) is 0 Å². The van der Waals surface area contributed by atoms with Gasteiger partial charge in [0.15, 0.2) is 5.69 Å². The molecule has 0 aliphatic carbocycles. The molecule has 14 heavy (non-hydrogen) atoms. The van der Waals surface area contributed by atoms with Crippen molar-refractivity contribution >= 4 is 5.91 Å². The Morgan fingerprint density at radius 3 is 2.57 bits per heavy atom. The highest BCUT2D eigenvalue weighted by Crippen LogP contribution is 2.04. The first-order chi connectivity index (χ1) is 6.77. The van der Waals surface area contributed by atoms with Crippen LogP contribution in [0.15, 0.2) is 36.5 Å². The van der Waals surface area contributed by atoms with Crippen LogP contribution in [0, 0.1) is 0 Å². The van der Waals surface area contributed by atoms with E-state index < -0.39 is 5.91 Å². The Morgan fingerprint density at radius 1 is 1.29 bits per heavy atom. The van der Waals surface area contributed by atoms with Gasteiger partial charge in [0, 0.05) is 0 Å². The Bertz CT molecular complexity index is 449. The van der Waals surface area contributed by atoms with Crippen molar-refractivity contribution in [3.05, 3.63) is 42.2 Å². The van der Waals surface area contributed by atoms with E-state index in [4.69, 9.17) is 5.73 Å². The standard InChI is InChI=1S/C9H8N4O/c10-9(14)8-6-13(12-11-8)7-4-2-1-3-5-7/h1-6H,(H2,10,14). The SMILES string of the molecule is NC(=O)c1cn(-c2ccccc2)nn1. The molecule has 0 fully saturated rings. The molecular formula is C9H8N4O. The molecule has 0 aliphatic rings. The molecule has 0 bridgehead atoms. The van der Waals surface area contributed by atoms with Crippen molar-refractivity contribution in [1.29, 1.82) is 0 Å². The van der Waals surface area contributed by atoms with Gasteiger partial charge in [-0.15, -0.1) is 5.10 Å². The zero-order chi connectivity index (χ0) is 9.97. The Kier molecular flexibility index (Phi) is 1.98. The third-order valence-electron chi connectivity index (χ3n) is 1.77. The molecule has 5 heteroatoms. The molecule has 1 aromatic heterocycles. The minimum Gasteiger partial charge on any atom is -0.364 e. The van der Waals surface area contributed by atoms with Crippen molar-refractivity contribution in [1.82, 2.24) is 15.0 Å². The lowest BCUT2D eigenvalue weighted by Gasteiger charge is -1.96. The zero-order valence-corrected chi connectivity index (χ0v) is 7.29. The van der Waals surface area contributed by atoms with Gasteiger partial charge >= 0.3 is 0 Å². The van der Waals surface area contributed by atoms with Crippen molar-refractivity contribution < 1.29 is 4.79 Å². The Hall–Kier alpha value is -2.17. The van der Waals surface area contributed by atoms with E-state index in [-0.39, 0.29) is 5.69 Å². The minimum absolute atomic E-state index is 0.161. The van der Waals surface area contributed by atoms with Crippen molar-refractivity contribution in [2.45, 2.75) is 0 Å². The van der Waals surface area contributed by atoms with Gasteiger partial charge in [0.2, 0.25) is 0 Å². The maximum absolute atomic E-state index is 10.8. The minimum atomic E-state index is -0.577. The smallest absolute Gasteiger partial charge is 0.270 e. The van der Waals surface area contributed by atoms with Crippen molar-refractivity contribution in [3.63, 3.8) is 0 Å². The van der Waals surface area contributed by atoms with Crippen LogP contribution in [0.1, 0.15) is 10.5 Å². The Labute approximate surface area is 80.2 Å². The monoisotopic (exact) mass is 188 g/mol. The summed E-state index contributed by atoms with van der Waals surface area (Å²) in [5, 5.41) is 7.40. The molecule has 0 atom stereocenters. The normalized spacial score (nSPS) is 10.0. The van der Waals surface area contributed by atoms with Gasteiger partial charge in [-0.25, -0.2) is 4.68 Å². The number of amides is 1. The number of hydrogen-bond donors (Lipinski definition) is 1. The molecule has 5 nitrogen and oxygen atoms in total. The molecule has 0 aliphatic heterocycles. The summed E-state index contributed by atoms with van der Waals surface area (Å²) >= 11 is 0. The van der Waals surface area contributed by atoms with Crippen molar-refractivity contribution in [2.75, 3.05) is 0 Å². The highest BCUT2D eigenvalue weighted by molar-refractivity contribution is 5.90. The molecular weight excluding hydrogens is 180 g/mol. The molecule has 1 aromatic carbocycles. The highest BCUT2D eigenvalue weighted by Gasteiger charge is 2.06. The van der Waals surface area contributed by atoms with E-state index in [0.717, 1.165) is 5.69 Å². The van der Waals surface area contributed by atoms with Crippen LogP contribution in [0.5, 0.6) is 0 Å². The van der Waals surface area contributed by atoms with Crippen LogP contribution in [0.3, 0.4) is 0 Å². The van der Waals surface area contributed by atoms with Crippen LogP contribution in [-0.4, -0.2) is 20.9 Å². The molecule has 0 radical (unpaired) electrons. The third-order valence-corrected chi connectivity index (χ3v) is 1.77. The number of carbonyl (C=O) groups excluding carboxylic acids is 1. The summed E-state index contributed by atoms with van der Waals surface area (Å²) in [6.45, 7) is 0. The van der Waals surface area contributed by atoms with Crippen molar-refractivity contribution in [3.8, 4) is 5.69 Å². The number of hydrogen-bond acceptors (Lipinski definition) is 3. The van der Waals surface area contributed by atoms with Gasteiger partial charge in [0.05, 0.1) is 11.9 Å². The molecule has 70 valence electrons. The number of para-hydroxylation sites is 1. The lowest BCUT2D eigenvalue weighted by atomic mass is 10.3. The summed E-state index contributed by atoms with van der Waals surface area (Å²) in [5.41, 5.74) is 6.05. The van der Waals surface area contributed by atoms with Gasteiger partial charge in [-0.3, -0.25) is 4.79 Å². The molecule has 2 N–H and O–H groups in total. The van der Waals surface area contributed by atoms with E-state index in [1.165, 1.54) is 10.9 Å². The number of nitrogens with zero attached hydrogens (tertiary/aromatic N) is 3. The topological polar surface area (TPSA) is 73.8 Å². The number of primary amides is 1. The second-order valence-corrected chi connectivity index (χ2v) is 2.75. The van der Waals surface area contributed by atoms with E-state index in [1.807, 2.05) is 30.3 Å². The molecule has 0 spiro atoms. The third kappa shape index (κ3) is 1.47. The highest BCUT2D eigenvalue weighted by atomic mass is 16.1. The molecule has 1 amide bonds. The predicted octanol–water partition coefficient (Wildman–Crippen LogP) is 0.366. The second kappa shape index (κ2) is 3.29. The molecule has 1 heterocycles. The number of nitrogens with two attached hydrogens (primary N) is 1. The summed E-state index contributed by atoms with van der Waals surface area (Å²) in [4.78, 5) is 10.8. The summed E-state index contributed by atoms with van der Waals surface area (Å²) < 4.78 is 1.50. The first-order valence-corrected chi connectivity index (χ1v) is 4.05. The fraction of sp³-hybridized carbons (Fsp3) is 0. The van der Waals surface area contributed by atoms with Crippen LogP contribution in [-0.2, 0) is 0 Å². The molecule has 0 saturated heterocycles. The van der Waals surface area contributed by atoms with E-state index in [1.54, 1.807) is 0 Å². The Morgan fingerprint density at radius 2 is 2.00 bits per heavy atom. The van der Waals surface area contributed by atoms with Crippen LogP contribution >= 0.6 is 0 Å². The van der Waals surface area contributed by atoms with E-state index in [0.29, 0.717) is 0 Å². The summed E-state index contributed by atoms with van der Waals surface area (Å²) in [5.74, 6) is -0.577. The van der Waals surface area contributed by atoms with E-state index in [9.17, 15) is 4.79 Å². The number of aromatic nitrogens is 3. The first kappa shape index (κ1) is 8.43. The average Bonchev–Trinajstić information content (AvgIpc) is 2.68. The molecule has 0 saturated carbocycles. The van der Waals surface area contributed by atoms with Gasteiger partial charge < -0.3 is 5.73 Å². The fourth-order valence-electron chi connectivity index (χ4n) is 1.08. The molecule has 0 unspecified atom stereocenters. The quantitative estimate of drug-likeness (QED) is 0.739. The van der Waals surface area contributed by atoms with E-state index in [2.05, 4.69) is 10.3 Å². The van der Waals surface area contributed by atoms with E-state index >= 15 is 0 Å². The second-order valence-electron chi connectivity index (χ2n) is 2.75. The maximum Gasteiger partial charge on any atom is 0.270 e. The summed E-state index contributed by atoms with van der Waals surface area (Å²) in [6.07, 6.45) is 1.50. The van der Waals surface area contributed by atoms with Crippen LogP contribution in [0.4, 0.5) is 0 Å². The summed E-state index contributed by atoms with van der Waals surface area (Å²) in [7, 11) is 0. The first-order valence-electron chi connectivity index (χ1n) is 4.05. The van der Waals surface area contributed by atoms with Gasteiger partial charge in [-0.05, 0) is 12.1 Å². The fourth-order valence-corrected chi connectivity index (χ4v) is 1.08. The largest absolute Gasteiger partial charge is 0.364 e. The lowest BCUT2D eigenvalue weighted by molar-refractivity contribution is 0.0995. The number of carbonyl (C=O) groups is 1. The molecule has 2 rings (SSSR count). The Balaban J connectivity index is 2.39. The van der Waals surface area contributed by atoms with Crippen LogP contribution in [0.2, 0.25) is 0 Å². The lowest BCUT2D eigenvalue weighted by Crippen LogP contribution is -2.11. The molecule has 2 aromatic rings. The average molecular weight is 188 g/mol. The predicted molar refractivity (Wildman–Crippen MR) is 49.9 cm³/mol.